The number of hydrogen-bond acceptors (Lipinski definition) is 5. The molecule has 0 radical (unpaired) electrons. The van der Waals surface area contributed by atoms with Crippen molar-refractivity contribution < 1.29 is 4.74 Å². The van der Waals surface area contributed by atoms with Gasteiger partial charge in [-0.3, -0.25) is 14.8 Å². The maximum Gasteiger partial charge on any atom is 0.193 e. The molecule has 186 valence electrons. The number of likely N-dealkylation sites (tertiary alicyclic amines) is 1. The number of halogens is 1. The van der Waals surface area contributed by atoms with E-state index in [4.69, 9.17) is 9.73 Å². The van der Waals surface area contributed by atoms with Crippen LogP contribution in [0.5, 0.6) is 0 Å². The summed E-state index contributed by atoms with van der Waals surface area (Å²) in [7, 11) is 2.24. The van der Waals surface area contributed by atoms with Crippen LogP contribution in [0.25, 0.3) is 0 Å². The standard InChI is InChI=1S/C25H42N6O.HI/c1-3-26-25(31-13-10-23(20-31)29-16-18-32-19-17-29)27-11-7-12-30-15-14-28(2)21-24(30)22-8-5-4-6-9-22;/h4-6,8-9,23-24H,3,7,10-21H2,1-2H3,(H,26,27);1H. The molecule has 3 saturated heterocycles. The predicted molar refractivity (Wildman–Crippen MR) is 147 cm³/mol. The minimum atomic E-state index is 0. The minimum Gasteiger partial charge on any atom is -0.379 e. The first-order valence-corrected chi connectivity index (χ1v) is 12.6. The molecule has 1 N–H and O–H groups in total. The zero-order valence-corrected chi connectivity index (χ0v) is 22.8. The number of morpholine rings is 1. The summed E-state index contributed by atoms with van der Waals surface area (Å²) < 4.78 is 5.53. The molecule has 7 nitrogen and oxygen atoms in total. The summed E-state index contributed by atoms with van der Waals surface area (Å²) in [6.45, 7) is 14.5. The van der Waals surface area contributed by atoms with E-state index < -0.39 is 0 Å². The van der Waals surface area contributed by atoms with Crippen LogP contribution in [0.2, 0.25) is 0 Å². The Morgan fingerprint density at radius 2 is 1.85 bits per heavy atom. The normalized spacial score (nSPS) is 25.8. The highest BCUT2D eigenvalue weighted by Crippen LogP contribution is 2.25. The molecule has 0 saturated carbocycles. The summed E-state index contributed by atoms with van der Waals surface area (Å²) in [5.74, 6) is 1.10. The van der Waals surface area contributed by atoms with Crippen molar-refractivity contribution in [1.82, 2.24) is 24.9 Å². The topological polar surface area (TPSA) is 46.6 Å². The summed E-state index contributed by atoms with van der Waals surface area (Å²) >= 11 is 0. The van der Waals surface area contributed by atoms with Crippen molar-refractivity contribution in [3.8, 4) is 0 Å². The number of rotatable bonds is 7. The Morgan fingerprint density at radius 3 is 2.61 bits per heavy atom. The molecule has 3 aliphatic rings. The van der Waals surface area contributed by atoms with Crippen molar-refractivity contribution in [3.63, 3.8) is 0 Å². The van der Waals surface area contributed by atoms with Gasteiger partial charge in [-0.15, -0.1) is 24.0 Å². The van der Waals surface area contributed by atoms with Crippen molar-refractivity contribution in [2.24, 2.45) is 4.99 Å². The maximum atomic E-state index is 5.53. The van der Waals surface area contributed by atoms with Gasteiger partial charge in [-0.05, 0) is 32.4 Å². The van der Waals surface area contributed by atoms with Gasteiger partial charge in [-0.25, -0.2) is 0 Å². The van der Waals surface area contributed by atoms with Gasteiger partial charge >= 0.3 is 0 Å². The van der Waals surface area contributed by atoms with Crippen LogP contribution in [0.15, 0.2) is 35.3 Å². The van der Waals surface area contributed by atoms with E-state index in [1.54, 1.807) is 0 Å². The number of guanidine groups is 1. The fourth-order valence-corrected chi connectivity index (χ4v) is 5.28. The van der Waals surface area contributed by atoms with Crippen LogP contribution >= 0.6 is 24.0 Å². The molecule has 2 unspecified atom stereocenters. The molecule has 1 aromatic rings. The Morgan fingerprint density at radius 1 is 1.06 bits per heavy atom. The number of ether oxygens (including phenoxy) is 1. The van der Waals surface area contributed by atoms with Crippen molar-refractivity contribution in [2.45, 2.75) is 31.8 Å². The van der Waals surface area contributed by atoms with Crippen LogP contribution in [0, 0.1) is 0 Å². The van der Waals surface area contributed by atoms with Gasteiger partial charge in [0.25, 0.3) is 0 Å². The van der Waals surface area contributed by atoms with Crippen LogP contribution in [-0.2, 0) is 4.74 Å². The van der Waals surface area contributed by atoms with E-state index in [1.807, 2.05) is 0 Å². The van der Waals surface area contributed by atoms with Crippen LogP contribution in [-0.4, -0.2) is 117 Å². The van der Waals surface area contributed by atoms with Crippen molar-refractivity contribution in [1.29, 1.82) is 0 Å². The molecule has 0 aliphatic carbocycles. The number of hydrogen-bond donors (Lipinski definition) is 1. The second-order valence-electron chi connectivity index (χ2n) is 9.35. The zero-order chi connectivity index (χ0) is 22.2. The molecule has 0 bridgehead atoms. The monoisotopic (exact) mass is 570 g/mol. The molecule has 3 aliphatic heterocycles. The average molecular weight is 571 g/mol. The van der Waals surface area contributed by atoms with Gasteiger partial charge in [0.15, 0.2) is 5.96 Å². The Balaban J connectivity index is 0.00000306. The lowest BCUT2D eigenvalue weighted by atomic mass is 10.0. The molecule has 3 fully saturated rings. The number of likely N-dealkylation sites (N-methyl/N-ethyl adjacent to an activating group) is 1. The van der Waals surface area contributed by atoms with Gasteiger partial charge in [-0.1, -0.05) is 30.3 Å². The first-order chi connectivity index (χ1) is 15.7. The Labute approximate surface area is 217 Å². The third-order valence-electron chi connectivity index (χ3n) is 7.10. The van der Waals surface area contributed by atoms with Gasteiger partial charge in [0.1, 0.15) is 0 Å². The fraction of sp³-hybridized carbons (Fsp3) is 0.720. The van der Waals surface area contributed by atoms with Gasteiger partial charge in [0, 0.05) is 77.5 Å². The molecule has 33 heavy (non-hydrogen) atoms. The Hall–Kier alpha value is -0.940. The third kappa shape index (κ3) is 7.52. The van der Waals surface area contributed by atoms with E-state index in [2.05, 4.69) is 69.2 Å². The van der Waals surface area contributed by atoms with E-state index in [9.17, 15) is 0 Å². The smallest absolute Gasteiger partial charge is 0.193 e. The lowest BCUT2D eigenvalue weighted by molar-refractivity contribution is 0.0195. The SMILES string of the molecule is CCNC(=NCCCN1CCN(C)CC1c1ccccc1)N1CCC(N2CCOCC2)C1.I. The lowest BCUT2D eigenvalue weighted by Crippen LogP contribution is -2.47. The molecule has 0 aromatic heterocycles. The maximum absolute atomic E-state index is 5.53. The van der Waals surface area contributed by atoms with Gasteiger partial charge in [0.05, 0.1) is 13.2 Å². The number of nitrogens with one attached hydrogen (secondary N) is 1. The highest BCUT2D eigenvalue weighted by atomic mass is 127. The average Bonchev–Trinajstić information content (AvgIpc) is 3.33. The zero-order valence-electron chi connectivity index (χ0n) is 20.5. The Bertz CT molecular complexity index is 714. The largest absolute Gasteiger partial charge is 0.379 e. The quantitative estimate of drug-likeness (QED) is 0.235. The van der Waals surface area contributed by atoms with Crippen LogP contribution in [0.4, 0.5) is 0 Å². The second kappa shape index (κ2) is 13.8. The van der Waals surface area contributed by atoms with Crippen molar-refractivity contribution >= 4 is 29.9 Å². The molecule has 3 heterocycles. The minimum absolute atomic E-state index is 0. The van der Waals surface area contributed by atoms with E-state index in [-0.39, 0.29) is 24.0 Å². The first kappa shape index (κ1) is 26.7. The molecule has 8 heteroatoms. The van der Waals surface area contributed by atoms with Gasteiger partial charge < -0.3 is 19.9 Å². The molecular formula is C25H43IN6O. The number of aliphatic imine (C=N–C) groups is 1. The number of nitrogens with zero attached hydrogens (tertiary/aromatic N) is 5. The van der Waals surface area contributed by atoms with Crippen LogP contribution < -0.4 is 5.32 Å². The van der Waals surface area contributed by atoms with E-state index in [1.165, 1.54) is 12.0 Å². The third-order valence-corrected chi connectivity index (χ3v) is 7.10. The first-order valence-electron chi connectivity index (χ1n) is 12.6. The summed E-state index contributed by atoms with van der Waals surface area (Å²) in [6.07, 6.45) is 2.33. The number of benzene rings is 1. The fourth-order valence-electron chi connectivity index (χ4n) is 5.28. The van der Waals surface area contributed by atoms with E-state index in [0.717, 1.165) is 91.0 Å². The van der Waals surface area contributed by atoms with E-state index >= 15 is 0 Å². The van der Waals surface area contributed by atoms with Gasteiger partial charge in [0.2, 0.25) is 0 Å². The van der Waals surface area contributed by atoms with Crippen LogP contribution in [0.1, 0.15) is 31.4 Å². The molecule has 4 rings (SSSR count). The summed E-state index contributed by atoms with van der Waals surface area (Å²) in [5.41, 5.74) is 1.43. The second-order valence-corrected chi connectivity index (χ2v) is 9.35. The molecular weight excluding hydrogens is 527 g/mol. The number of piperazine rings is 1. The van der Waals surface area contributed by atoms with Crippen molar-refractivity contribution in [2.75, 3.05) is 85.7 Å². The Kier molecular flexibility index (Phi) is 11.2. The molecule has 1 aromatic carbocycles. The molecule has 2 atom stereocenters. The summed E-state index contributed by atoms with van der Waals surface area (Å²) in [5, 5.41) is 3.54. The van der Waals surface area contributed by atoms with Crippen molar-refractivity contribution in [3.05, 3.63) is 35.9 Å². The highest BCUT2D eigenvalue weighted by Gasteiger charge is 2.30. The highest BCUT2D eigenvalue weighted by molar-refractivity contribution is 14.0. The molecule has 0 spiro atoms. The van der Waals surface area contributed by atoms with E-state index in [0.29, 0.717) is 12.1 Å². The predicted octanol–water partition coefficient (Wildman–Crippen LogP) is 2.36. The van der Waals surface area contributed by atoms with Gasteiger partial charge in [-0.2, -0.15) is 0 Å². The lowest BCUT2D eigenvalue weighted by Gasteiger charge is -2.40. The van der Waals surface area contributed by atoms with Crippen LogP contribution in [0.3, 0.4) is 0 Å². The summed E-state index contributed by atoms with van der Waals surface area (Å²) in [4.78, 5) is 15.2. The summed E-state index contributed by atoms with van der Waals surface area (Å²) in [6, 6.07) is 12.1. The molecule has 0 amide bonds.